The molecule has 1 aromatic rings. The fraction of sp³-hybridized carbons (Fsp3) is 0.625. The Morgan fingerprint density at radius 3 is 2.05 bits per heavy atom. The number of nitrogens with zero attached hydrogens (tertiary/aromatic N) is 1. The van der Waals surface area contributed by atoms with E-state index in [1.807, 2.05) is 0 Å². The average Bonchev–Trinajstić information content (AvgIpc) is 2.50. The molecule has 1 saturated heterocycles. The fourth-order valence-electron chi connectivity index (χ4n) is 2.51. The zero-order valence-corrected chi connectivity index (χ0v) is 12.4. The summed E-state index contributed by atoms with van der Waals surface area (Å²) in [6.07, 6.45) is 2.39. The van der Waals surface area contributed by atoms with E-state index >= 15 is 0 Å². The number of anilines is 1. The average molecular weight is 276 g/mol. The molecule has 0 radical (unpaired) electrons. The fourth-order valence-corrected chi connectivity index (χ4v) is 2.51. The Morgan fingerprint density at radius 1 is 0.650 bits per heavy atom. The first-order chi connectivity index (χ1) is 9.97. The van der Waals surface area contributed by atoms with Gasteiger partial charge in [-0.05, 0) is 44.6 Å². The van der Waals surface area contributed by atoms with Gasteiger partial charge in [-0.1, -0.05) is 18.2 Å². The van der Waals surface area contributed by atoms with Gasteiger partial charge in [-0.15, -0.1) is 0 Å². The van der Waals surface area contributed by atoms with Gasteiger partial charge in [-0.25, -0.2) is 0 Å². The Bertz CT molecular complexity index is 328. The van der Waals surface area contributed by atoms with E-state index in [0.717, 1.165) is 52.4 Å². The van der Waals surface area contributed by atoms with Crippen molar-refractivity contribution in [3.63, 3.8) is 0 Å². The Labute approximate surface area is 122 Å². The predicted octanol–water partition coefficient (Wildman–Crippen LogP) is 1.06. The van der Waals surface area contributed by atoms with Gasteiger partial charge in [-0.3, -0.25) is 0 Å². The molecule has 0 spiro atoms. The summed E-state index contributed by atoms with van der Waals surface area (Å²) in [6, 6.07) is 10.7. The van der Waals surface area contributed by atoms with Crippen molar-refractivity contribution in [2.45, 2.75) is 12.8 Å². The van der Waals surface area contributed by atoms with Gasteiger partial charge in [0.25, 0.3) is 0 Å². The van der Waals surface area contributed by atoms with Crippen LogP contribution in [0.4, 0.5) is 5.69 Å². The molecule has 20 heavy (non-hydrogen) atoms. The Balaban J connectivity index is 1.84. The second-order valence-corrected chi connectivity index (χ2v) is 5.28. The zero-order valence-electron chi connectivity index (χ0n) is 12.4. The third kappa shape index (κ3) is 5.90. The lowest BCUT2D eigenvalue weighted by Crippen LogP contribution is -2.36. The van der Waals surface area contributed by atoms with Crippen LogP contribution in [-0.4, -0.2) is 52.4 Å². The van der Waals surface area contributed by atoms with Crippen LogP contribution in [-0.2, 0) is 0 Å². The monoisotopic (exact) mass is 276 g/mol. The van der Waals surface area contributed by atoms with Gasteiger partial charge >= 0.3 is 0 Å². The number of benzene rings is 1. The number of hydrogen-bond acceptors (Lipinski definition) is 4. The van der Waals surface area contributed by atoms with Crippen molar-refractivity contribution < 1.29 is 0 Å². The standard InChI is InChI=1S/C16H28N4/c1-2-6-16(7-3-1)20-14-5-10-18-12-11-17-8-4-9-19-13-15-20/h1-3,6-7,17-19H,4-5,8-15H2. The molecule has 0 aliphatic carbocycles. The minimum absolute atomic E-state index is 1.06. The maximum absolute atomic E-state index is 3.54. The van der Waals surface area contributed by atoms with Crippen molar-refractivity contribution >= 4 is 5.69 Å². The van der Waals surface area contributed by atoms with Crippen molar-refractivity contribution in [2.24, 2.45) is 0 Å². The highest BCUT2D eigenvalue weighted by Crippen LogP contribution is 2.12. The molecule has 3 N–H and O–H groups in total. The lowest BCUT2D eigenvalue weighted by atomic mass is 10.2. The quantitative estimate of drug-likeness (QED) is 0.717. The summed E-state index contributed by atoms with van der Waals surface area (Å²) in [5.41, 5.74) is 1.34. The van der Waals surface area contributed by atoms with Crippen LogP contribution in [0.15, 0.2) is 30.3 Å². The van der Waals surface area contributed by atoms with Crippen LogP contribution in [0.3, 0.4) is 0 Å². The molecule has 0 saturated carbocycles. The van der Waals surface area contributed by atoms with Crippen LogP contribution in [0, 0.1) is 0 Å². The maximum atomic E-state index is 3.54. The van der Waals surface area contributed by atoms with Gasteiger partial charge in [0.1, 0.15) is 0 Å². The highest BCUT2D eigenvalue weighted by Gasteiger charge is 2.05. The van der Waals surface area contributed by atoms with Crippen molar-refractivity contribution in [3.05, 3.63) is 30.3 Å². The molecule has 0 atom stereocenters. The minimum Gasteiger partial charge on any atom is -0.370 e. The molecule has 4 nitrogen and oxygen atoms in total. The third-order valence-electron chi connectivity index (χ3n) is 3.65. The Kier molecular flexibility index (Phi) is 7.45. The van der Waals surface area contributed by atoms with Crippen molar-refractivity contribution in [3.8, 4) is 0 Å². The molecule has 1 aliphatic heterocycles. The molecular formula is C16H28N4. The molecule has 4 heteroatoms. The van der Waals surface area contributed by atoms with Gasteiger partial charge in [0.05, 0.1) is 0 Å². The van der Waals surface area contributed by atoms with Gasteiger partial charge in [0, 0.05) is 38.4 Å². The highest BCUT2D eigenvalue weighted by atomic mass is 15.1. The molecule has 0 bridgehead atoms. The van der Waals surface area contributed by atoms with E-state index in [1.54, 1.807) is 0 Å². The zero-order chi connectivity index (χ0) is 13.9. The summed E-state index contributed by atoms with van der Waals surface area (Å²) in [5.74, 6) is 0. The van der Waals surface area contributed by atoms with Crippen LogP contribution in [0.2, 0.25) is 0 Å². The summed E-state index contributed by atoms with van der Waals surface area (Å²) >= 11 is 0. The first-order valence-corrected chi connectivity index (χ1v) is 7.89. The van der Waals surface area contributed by atoms with Gasteiger partial charge in [-0.2, -0.15) is 0 Å². The molecule has 1 fully saturated rings. The first kappa shape index (κ1) is 15.3. The highest BCUT2D eigenvalue weighted by molar-refractivity contribution is 5.45. The third-order valence-corrected chi connectivity index (χ3v) is 3.65. The van der Waals surface area contributed by atoms with E-state index in [-0.39, 0.29) is 0 Å². The molecule has 2 rings (SSSR count). The summed E-state index contributed by atoms with van der Waals surface area (Å²) in [5, 5.41) is 10.5. The van der Waals surface area contributed by atoms with Crippen molar-refractivity contribution in [1.82, 2.24) is 16.0 Å². The molecule has 0 amide bonds. The molecular weight excluding hydrogens is 248 g/mol. The molecule has 0 aromatic heterocycles. The van der Waals surface area contributed by atoms with E-state index in [0.29, 0.717) is 0 Å². The van der Waals surface area contributed by atoms with Crippen molar-refractivity contribution in [1.29, 1.82) is 0 Å². The van der Waals surface area contributed by atoms with E-state index in [4.69, 9.17) is 0 Å². The molecule has 1 aromatic carbocycles. The second-order valence-electron chi connectivity index (χ2n) is 5.28. The summed E-state index contributed by atoms with van der Waals surface area (Å²) in [6.45, 7) is 8.70. The first-order valence-electron chi connectivity index (χ1n) is 7.89. The summed E-state index contributed by atoms with van der Waals surface area (Å²) in [7, 11) is 0. The number of nitrogens with one attached hydrogen (secondary N) is 3. The van der Waals surface area contributed by atoms with Crippen LogP contribution >= 0.6 is 0 Å². The van der Waals surface area contributed by atoms with Crippen LogP contribution in [0.5, 0.6) is 0 Å². The number of rotatable bonds is 1. The number of hydrogen-bond donors (Lipinski definition) is 3. The molecule has 112 valence electrons. The van der Waals surface area contributed by atoms with Gasteiger partial charge in [0.15, 0.2) is 0 Å². The normalized spacial score (nSPS) is 20.3. The van der Waals surface area contributed by atoms with Crippen LogP contribution in [0.25, 0.3) is 0 Å². The predicted molar refractivity (Wildman–Crippen MR) is 86.5 cm³/mol. The lowest BCUT2D eigenvalue weighted by Gasteiger charge is -2.25. The van der Waals surface area contributed by atoms with Gasteiger partial charge < -0.3 is 20.9 Å². The van der Waals surface area contributed by atoms with E-state index in [1.165, 1.54) is 18.5 Å². The smallest absolute Gasteiger partial charge is 0.0366 e. The number of para-hydroxylation sites is 1. The second kappa shape index (κ2) is 9.75. The summed E-state index contributed by atoms with van der Waals surface area (Å²) < 4.78 is 0. The largest absolute Gasteiger partial charge is 0.370 e. The van der Waals surface area contributed by atoms with E-state index in [9.17, 15) is 0 Å². The molecule has 1 heterocycles. The van der Waals surface area contributed by atoms with Crippen LogP contribution in [0.1, 0.15) is 12.8 Å². The van der Waals surface area contributed by atoms with E-state index < -0.39 is 0 Å². The maximum Gasteiger partial charge on any atom is 0.0366 e. The topological polar surface area (TPSA) is 39.3 Å². The SMILES string of the molecule is c1ccc(N2CCCNCCNCCCNCC2)cc1. The molecule has 0 unspecified atom stereocenters. The summed E-state index contributed by atoms with van der Waals surface area (Å²) in [4.78, 5) is 2.48. The van der Waals surface area contributed by atoms with Gasteiger partial charge in [0.2, 0.25) is 0 Å². The van der Waals surface area contributed by atoms with E-state index in [2.05, 4.69) is 51.2 Å². The lowest BCUT2D eigenvalue weighted by molar-refractivity contribution is 0.550. The minimum atomic E-state index is 1.06. The molecule has 1 aliphatic rings. The van der Waals surface area contributed by atoms with Crippen LogP contribution < -0.4 is 20.9 Å². The van der Waals surface area contributed by atoms with Crippen molar-refractivity contribution in [2.75, 3.05) is 57.3 Å². The Morgan fingerprint density at radius 2 is 1.30 bits per heavy atom. The Hall–Kier alpha value is -1.10.